The molecule has 0 aromatic heterocycles. The molecular formula is C20H28N4O3. The molecular weight excluding hydrogens is 344 g/mol. The molecule has 0 atom stereocenters. The largest absolute Gasteiger partial charge is 0.372 e. The molecule has 0 radical (unpaired) electrons. The molecule has 7 nitrogen and oxygen atoms in total. The molecule has 1 aromatic rings. The van der Waals surface area contributed by atoms with E-state index in [0.29, 0.717) is 31.9 Å². The summed E-state index contributed by atoms with van der Waals surface area (Å²) < 4.78 is 0. The summed E-state index contributed by atoms with van der Waals surface area (Å²) >= 11 is 0. The summed E-state index contributed by atoms with van der Waals surface area (Å²) in [5.41, 5.74) is 1.87. The van der Waals surface area contributed by atoms with Crippen LogP contribution in [0, 0.1) is 5.92 Å². The molecule has 0 bridgehead atoms. The number of piperidine rings is 1. The Hall–Kier alpha value is -2.57. The maximum atomic E-state index is 12.2. The summed E-state index contributed by atoms with van der Waals surface area (Å²) in [4.78, 5) is 40.8. The maximum absolute atomic E-state index is 12.2. The van der Waals surface area contributed by atoms with E-state index in [1.807, 2.05) is 24.3 Å². The zero-order valence-corrected chi connectivity index (χ0v) is 15.9. The molecule has 2 heterocycles. The Kier molecular flexibility index (Phi) is 6.32. The number of carbonyl (C=O) groups excluding carboxylic acids is 3. The molecule has 2 aliphatic rings. The minimum Gasteiger partial charge on any atom is -0.372 e. The van der Waals surface area contributed by atoms with Gasteiger partial charge in [0.05, 0.1) is 0 Å². The van der Waals surface area contributed by atoms with Gasteiger partial charge in [-0.1, -0.05) is 6.92 Å². The number of rotatable bonds is 5. The Bertz CT molecular complexity index is 660. The minimum atomic E-state index is -0.308. The minimum absolute atomic E-state index is 0.174. The summed E-state index contributed by atoms with van der Waals surface area (Å²) in [5.74, 6) is 0.285. The second-order valence-electron chi connectivity index (χ2n) is 7.46. The van der Waals surface area contributed by atoms with E-state index < -0.39 is 0 Å². The van der Waals surface area contributed by atoms with Crippen molar-refractivity contribution in [1.29, 1.82) is 0 Å². The number of amides is 3. The molecule has 0 aliphatic carbocycles. The molecule has 7 heteroatoms. The number of hydrogen-bond acceptors (Lipinski definition) is 4. The lowest BCUT2D eigenvalue weighted by Crippen LogP contribution is -2.48. The molecule has 2 saturated heterocycles. The molecule has 3 rings (SSSR count). The Balaban J connectivity index is 1.46. The fraction of sp³-hybridized carbons (Fsp3) is 0.550. The van der Waals surface area contributed by atoms with E-state index in [4.69, 9.17) is 0 Å². The van der Waals surface area contributed by atoms with Crippen LogP contribution in [0.3, 0.4) is 0 Å². The third kappa shape index (κ3) is 5.21. The fourth-order valence-electron chi connectivity index (χ4n) is 3.55. The van der Waals surface area contributed by atoms with Gasteiger partial charge >= 0.3 is 0 Å². The van der Waals surface area contributed by atoms with Gasteiger partial charge in [-0.15, -0.1) is 0 Å². The standard InChI is InChI=1S/C20H28N4O3/c1-16-6-8-23(9-7-16)18-4-2-17(3-5-18)21-19(26)14-20(27)24-12-10-22(15-25)11-13-24/h2-5,15-16H,6-14H2,1H3,(H,21,26). The van der Waals surface area contributed by atoms with Crippen LogP contribution in [0.2, 0.25) is 0 Å². The lowest BCUT2D eigenvalue weighted by molar-refractivity contribution is -0.137. The first kappa shape index (κ1) is 19.2. The average Bonchev–Trinajstić information content (AvgIpc) is 2.69. The van der Waals surface area contributed by atoms with Crippen LogP contribution in [-0.2, 0) is 14.4 Å². The second kappa shape index (κ2) is 8.88. The van der Waals surface area contributed by atoms with E-state index in [9.17, 15) is 14.4 Å². The van der Waals surface area contributed by atoms with E-state index in [1.165, 1.54) is 18.5 Å². The van der Waals surface area contributed by atoms with Gasteiger partial charge in [0.2, 0.25) is 18.2 Å². The Labute approximate surface area is 160 Å². The molecule has 27 heavy (non-hydrogen) atoms. The maximum Gasteiger partial charge on any atom is 0.233 e. The van der Waals surface area contributed by atoms with Crippen LogP contribution in [0.4, 0.5) is 11.4 Å². The van der Waals surface area contributed by atoms with Crippen molar-refractivity contribution in [1.82, 2.24) is 9.80 Å². The van der Waals surface area contributed by atoms with Gasteiger partial charge in [-0.25, -0.2) is 0 Å². The van der Waals surface area contributed by atoms with Gasteiger partial charge < -0.3 is 20.0 Å². The molecule has 1 aromatic carbocycles. The number of nitrogens with zero attached hydrogens (tertiary/aromatic N) is 3. The van der Waals surface area contributed by atoms with Crippen molar-refractivity contribution >= 4 is 29.6 Å². The predicted molar refractivity (Wildman–Crippen MR) is 105 cm³/mol. The Morgan fingerprint density at radius 1 is 1.04 bits per heavy atom. The molecule has 0 spiro atoms. The van der Waals surface area contributed by atoms with Crippen molar-refractivity contribution in [3.8, 4) is 0 Å². The first-order valence-electron chi connectivity index (χ1n) is 9.67. The van der Waals surface area contributed by atoms with E-state index in [-0.39, 0.29) is 18.2 Å². The van der Waals surface area contributed by atoms with Crippen molar-refractivity contribution < 1.29 is 14.4 Å². The number of carbonyl (C=O) groups is 3. The smallest absolute Gasteiger partial charge is 0.233 e. The van der Waals surface area contributed by atoms with Crippen LogP contribution in [-0.4, -0.2) is 67.3 Å². The highest BCUT2D eigenvalue weighted by atomic mass is 16.2. The van der Waals surface area contributed by atoms with Crippen molar-refractivity contribution in [2.75, 3.05) is 49.5 Å². The van der Waals surface area contributed by atoms with E-state index in [1.54, 1.807) is 9.80 Å². The van der Waals surface area contributed by atoms with Crippen LogP contribution in [0.25, 0.3) is 0 Å². The van der Waals surface area contributed by atoms with Gasteiger partial charge in [0.1, 0.15) is 6.42 Å². The van der Waals surface area contributed by atoms with Gasteiger partial charge in [0.15, 0.2) is 0 Å². The average molecular weight is 372 g/mol. The highest BCUT2D eigenvalue weighted by molar-refractivity contribution is 6.03. The third-order valence-corrected chi connectivity index (χ3v) is 5.43. The summed E-state index contributed by atoms with van der Waals surface area (Å²) in [7, 11) is 0. The van der Waals surface area contributed by atoms with Crippen LogP contribution >= 0.6 is 0 Å². The summed E-state index contributed by atoms with van der Waals surface area (Å²) in [6.45, 7) is 6.43. The van der Waals surface area contributed by atoms with Gasteiger partial charge in [-0.3, -0.25) is 14.4 Å². The molecule has 0 unspecified atom stereocenters. The lowest BCUT2D eigenvalue weighted by Gasteiger charge is -2.32. The first-order valence-corrected chi connectivity index (χ1v) is 9.67. The summed E-state index contributed by atoms with van der Waals surface area (Å²) in [6, 6.07) is 7.81. The summed E-state index contributed by atoms with van der Waals surface area (Å²) in [6.07, 6.45) is 3.04. The van der Waals surface area contributed by atoms with Crippen LogP contribution in [0.15, 0.2) is 24.3 Å². The Morgan fingerprint density at radius 3 is 2.26 bits per heavy atom. The zero-order valence-electron chi connectivity index (χ0n) is 15.9. The second-order valence-corrected chi connectivity index (χ2v) is 7.46. The molecule has 0 saturated carbocycles. The first-order chi connectivity index (χ1) is 13.0. The SMILES string of the molecule is CC1CCN(c2ccc(NC(=O)CC(=O)N3CCN(C=O)CC3)cc2)CC1. The van der Waals surface area contributed by atoms with Crippen molar-refractivity contribution in [2.24, 2.45) is 5.92 Å². The van der Waals surface area contributed by atoms with Gasteiger partial charge in [0, 0.05) is 50.6 Å². The van der Waals surface area contributed by atoms with Crippen molar-refractivity contribution in [3.63, 3.8) is 0 Å². The topological polar surface area (TPSA) is 73.0 Å². The molecule has 1 N–H and O–H groups in total. The lowest BCUT2D eigenvalue weighted by atomic mass is 9.99. The zero-order chi connectivity index (χ0) is 19.2. The van der Waals surface area contributed by atoms with Crippen LogP contribution < -0.4 is 10.2 Å². The third-order valence-electron chi connectivity index (χ3n) is 5.43. The molecule has 146 valence electrons. The number of piperazine rings is 1. The normalized spacial score (nSPS) is 18.3. The van der Waals surface area contributed by atoms with E-state index in [2.05, 4.69) is 17.1 Å². The van der Waals surface area contributed by atoms with E-state index >= 15 is 0 Å². The predicted octanol–water partition coefficient (Wildman–Crippen LogP) is 1.55. The van der Waals surface area contributed by atoms with Crippen molar-refractivity contribution in [3.05, 3.63) is 24.3 Å². The quantitative estimate of drug-likeness (QED) is 0.629. The highest BCUT2D eigenvalue weighted by Gasteiger charge is 2.22. The number of anilines is 2. The fourth-order valence-corrected chi connectivity index (χ4v) is 3.55. The number of hydrogen-bond donors (Lipinski definition) is 1. The van der Waals surface area contributed by atoms with Crippen molar-refractivity contribution in [2.45, 2.75) is 26.2 Å². The molecule has 2 fully saturated rings. The Morgan fingerprint density at radius 2 is 1.67 bits per heavy atom. The number of nitrogens with one attached hydrogen (secondary N) is 1. The van der Waals surface area contributed by atoms with Gasteiger partial charge in [-0.2, -0.15) is 0 Å². The summed E-state index contributed by atoms with van der Waals surface area (Å²) in [5, 5.41) is 2.80. The van der Waals surface area contributed by atoms with Crippen LogP contribution in [0.5, 0.6) is 0 Å². The molecule has 2 aliphatic heterocycles. The monoisotopic (exact) mass is 372 g/mol. The molecule has 3 amide bonds. The van der Waals surface area contributed by atoms with Gasteiger partial charge in [0.25, 0.3) is 0 Å². The van der Waals surface area contributed by atoms with E-state index in [0.717, 1.165) is 25.4 Å². The van der Waals surface area contributed by atoms with Crippen LogP contribution in [0.1, 0.15) is 26.2 Å². The van der Waals surface area contributed by atoms with Gasteiger partial charge in [-0.05, 0) is 43.0 Å². The highest BCUT2D eigenvalue weighted by Crippen LogP contribution is 2.24. The number of benzene rings is 1.